The lowest BCUT2D eigenvalue weighted by Crippen LogP contribution is -2.47. The van der Waals surface area contributed by atoms with E-state index in [0.29, 0.717) is 18.6 Å². The zero-order chi connectivity index (χ0) is 17.5. The first-order valence-electron chi connectivity index (χ1n) is 7.86. The standard InChI is InChI=1S/C15H21N5O3S/c1-10-12(11(2)20-14(18-10)16-9-17-20)4-5-13(21)19-15(3)6-7-24(22,23)8-15/h9H,4-8H2,1-3H3,(H,19,21)/t15-/m0/s1. The first kappa shape index (κ1) is 16.8. The lowest BCUT2D eigenvalue weighted by molar-refractivity contribution is -0.122. The molecule has 0 saturated carbocycles. The molecule has 0 unspecified atom stereocenters. The Bertz CT molecular complexity index is 905. The molecule has 1 aliphatic heterocycles. The number of nitrogens with zero attached hydrogens (tertiary/aromatic N) is 4. The Kier molecular flexibility index (Phi) is 4.06. The molecule has 2 aromatic heterocycles. The van der Waals surface area contributed by atoms with Crippen molar-refractivity contribution < 1.29 is 13.2 Å². The highest BCUT2D eigenvalue weighted by Gasteiger charge is 2.39. The molecule has 0 bridgehead atoms. The van der Waals surface area contributed by atoms with E-state index in [4.69, 9.17) is 0 Å². The van der Waals surface area contributed by atoms with Crippen LogP contribution in [0.1, 0.15) is 36.7 Å². The third kappa shape index (κ3) is 3.26. The molecule has 8 nitrogen and oxygen atoms in total. The van der Waals surface area contributed by atoms with Crippen molar-refractivity contribution in [3.05, 3.63) is 23.3 Å². The molecule has 1 fully saturated rings. The van der Waals surface area contributed by atoms with Crippen molar-refractivity contribution in [2.24, 2.45) is 0 Å². The zero-order valence-corrected chi connectivity index (χ0v) is 14.9. The summed E-state index contributed by atoms with van der Waals surface area (Å²) in [5.41, 5.74) is 2.05. The summed E-state index contributed by atoms with van der Waals surface area (Å²) in [6.07, 6.45) is 2.71. The Labute approximate surface area is 140 Å². The molecule has 3 heterocycles. The van der Waals surface area contributed by atoms with Crippen molar-refractivity contribution in [2.45, 2.75) is 45.6 Å². The number of carbonyl (C=O) groups is 1. The Balaban J connectivity index is 1.69. The maximum absolute atomic E-state index is 12.3. The van der Waals surface area contributed by atoms with Gasteiger partial charge in [0.2, 0.25) is 5.91 Å². The van der Waals surface area contributed by atoms with Crippen LogP contribution in [0.4, 0.5) is 0 Å². The van der Waals surface area contributed by atoms with Crippen LogP contribution in [0.15, 0.2) is 6.33 Å². The van der Waals surface area contributed by atoms with Crippen LogP contribution >= 0.6 is 0 Å². The average Bonchev–Trinajstić information content (AvgIpc) is 3.02. The van der Waals surface area contributed by atoms with Gasteiger partial charge in [-0.2, -0.15) is 10.1 Å². The summed E-state index contributed by atoms with van der Waals surface area (Å²) in [6.45, 7) is 5.60. The first-order chi connectivity index (χ1) is 11.2. The van der Waals surface area contributed by atoms with E-state index in [1.54, 1.807) is 11.4 Å². The Hall–Kier alpha value is -2.03. The minimum Gasteiger partial charge on any atom is -0.350 e. The number of aryl methyl sites for hydroxylation is 2. The monoisotopic (exact) mass is 351 g/mol. The van der Waals surface area contributed by atoms with E-state index in [0.717, 1.165) is 17.0 Å². The van der Waals surface area contributed by atoms with Crippen molar-refractivity contribution in [3.8, 4) is 0 Å². The van der Waals surface area contributed by atoms with E-state index < -0.39 is 15.4 Å². The topological polar surface area (TPSA) is 106 Å². The molecule has 0 aromatic carbocycles. The Morgan fingerprint density at radius 2 is 2.17 bits per heavy atom. The molecule has 9 heteroatoms. The fourth-order valence-electron chi connectivity index (χ4n) is 3.26. The number of hydrogen-bond donors (Lipinski definition) is 1. The van der Waals surface area contributed by atoms with Crippen LogP contribution in [0.3, 0.4) is 0 Å². The summed E-state index contributed by atoms with van der Waals surface area (Å²) < 4.78 is 24.9. The molecule has 2 aromatic rings. The Morgan fingerprint density at radius 1 is 1.42 bits per heavy atom. The highest BCUT2D eigenvalue weighted by Crippen LogP contribution is 2.23. The van der Waals surface area contributed by atoms with Crippen molar-refractivity contribution in [1.29, 1.82) is 0 Å². The molecule has 0 spiro atoms. The number of carbonyl (C=O) groups excluding carboxylic acids is 1. The molecular formula is C15H21N5O3S. The van der Waals surface area contributed by atoms with E-state index in [1.807, 2.05) is 13.8 Å². The SMILES string of the molecule is Cc1nc2ncnn2c(C)c1CCC(=O)N[C@@]1(C)CCS(=O)(=O)C1. The van der Waals surface area contributed by atoms with Gasteiger partial charge in [-0.05, 0) is 39.2 Å². The summed E-state index contributed by atoms with van der Waals surface area (Å²) in [5.74, 6) is 0.541. The van der Waals surface area contributed by atoms with Crippen LogP contribution in [0.25, 0.3) is 5.78 Å². The molecule has 24 heavy (non-hydrogen) atoms. The normalized spacial score (nSPS) is 22.8. The largest absolute Gasteiger partial charge is 0.350 e. The first-order valence-corrected chi connectivity index (χ1v) is 9.68. The second-order valence-corrected chi connectivity index (χ2v) is 8.87. The predicted octanol–water partition coefficient (Wildman–Crippen LogP) is 0.367. The van der Waals surface area contributed by atoms with E-state index in [2.05, 4.69) is 20.4 Å². The van der Waals surface area contributed by atoms with Gasteiger partial charge in [-0.25, -0.2) is 17.9 Å². The number of fused-ring (bicyclic) bond motifs is 1. The van der Waals surface area contributed by atoms with Crippen molar-refractivity contribution in [2.75, 3.05) is 11.5 Å². The molecule has 0 radical (unpaired) electrons. The van der Waals surface area contributed by atoms with E-state index in [9.17, 15) is 13.2 Å². The number of aromatic nitrogens is 4. The van der Waals surface area contributed by atoms with Gasteiger partial charge in [0.25, 0.3) is 5.78 Å². The molecule has 1 amide bonds. The van der Waals surface area contributed by atoms with Crippen LogP contribution in [0.5, 0.6) is 0 Å². The highest BCUT2D eigenvalue weighted by atomic mass is 32.2. The van der Waals surface area contributed by atoms with Gasteiger partial charge in [0.1, 0.15) is 6.33 Å². The van der Waals surface area contributed by atoms with Gasteiger partial charge in [0.05, 0.1) is 17.0 Å². The second-order valence-electron chi connectivity index (χ2n) is 6.68. The number of rotatable bonds is 4. The summed E-state index contributed by atoms with van der Waals surface area (Å²) >= 11 is 0. The molecule has 3 rings (SSSR count). The summed E-state index contributed by atoms with van der Waals surface area (Å²) in [6, 6.07) is 0. The van der Waals surface area contributed by atoms with Gasteiger partial charge in [0, 0.05) is 17.8 Å². The highest BCUT2D eigenvalue weighted by molar-refractivity contribution is 7.91. The lowest BCUT2D eigenvalue weighted by atomic mass is 10.0. The van der Waals surface area contributed by atoms with Crippen LogP contribution in [-0.2, 0) is 21.1 Å². The van der Waals surface area contributed by atoms with Gasteiger partial charge in [-0.15, -0.1) is 0 Å². The fourth-order valence-corrected chi connectivity index (χ4v) is 5.36. The third-order valence-electron chi connectivity index (χ3n) is 4.54. The maximum Gasteiger partial charge on any atom is 0.252 e. The van der Waals surface area contributed by atoms with Gasteiger partial charge in [-0.3, -0.25) is 4.79 Å². The Morgan fingerprint density at radius 3 is 2.83 bits per heavy atom. The maximum atomic E-state index is 12.3. The molecule has 0 aliphatic carbocycles. The average molecular weight is 351 g/mol. The number of amides is 1. The predicted molar refractivity (Wildman–Crippen MR) is 88.4 cm³/mol. The molecule has 1 saturated heterocycles. The minimum atomic E-state index is -3.04. The number of hydrogen-bond acceptors (Lipinski definition) is 6. The van der Waals surface area contributed by atoms with E-state index >= 15 is 0 Å². The van der Waals surface area contributed by atoms with Crippen molar-refractivity contribution in [3.63, 3.8) is 0 Å². The molecule has 1 aliphatic rings. The quantitative estimate of drug-likeness (QED) is 0.853. The van der Waals surface area contributed by atoms with Gasteiger partial charge >= 0.3 is 0 Å². The van der Waals surface area contributed by atoms with E-state index in [1.165, 1.54) is 6.33 Å². The second kappa shape index (κ2) is 5.80. The van der Waals surface area contributed by atoms with Crippen molar-refractivity contribution in [1.82, 2.24) is 24.9 Å². The minimum absolute atomic E-state index is 0.0102. The van der Waals surface area contributed by atoms with Gasteiger partial charge < -0.3 is 5.32 Å². The number of nitrogens with one attached hydrogen (secondary N) is 1. The van der Waals surface area contributed by atoms with Crippen LogP contribution in [-0.4, -0.2) is 51.0 Å². The van der Waals surface area contributed by atoms with Gasteiger partial charge in [-0.1, -0.05) is 0 Å². The fraction of sp³-hybridized carbons (Fsp3) is 0.600. The smallest absolute Gasteiger partial charge is 0.252 e. The molecule has 1 N–H and O–H groups in total. The molecular weight excluding hydrogens is 330 g/mol. The third-order valence-corrected chi connectivity index (χ3v) is 6.44. The molecule has 130 valence electrons. The van der Waals surface area contributed by atoms with Crippen LogP contribution in [0.2, 0.25) is 0 Å². The summed E-state index contributed by atoms with van der Waals surface area (Å²) in [4.78, 5) is 20.7. The van der Waals surface area contributed by atoms with Gasteiger partial charge in [0.15, 0.2) is 9.84 Å². The zero-order valence-electron chi connectivity index (χ0n) is 14.0. The molecule has 1 atom stereocenters. The van der Waals surface area contributed by atoms with Crippen LogP contribution in [0, 0.1) is 13.8 Å². The number of sulfone groups is 1. The summed E-state index contributed by atoms with van der Waals surface area (Å²) in [7, 11) is -3.04. The van der Waals surface area contributed by atoms with E-state index in [-0.39, 0.29) is 23.8 Å². The lowest BCUT2D eigenvalue weighted by Gasteiger charge is -2.24. The van der Waals surface area contributed by atoms with Crippen LogP contribution < -0.4 is 5.32 Å². The van der Waals surface area contributed by atoms with Crippen molar-refractivity contribution >= 4 is 21.5 Å². The summed E-state index contributed by atoms with van der Waals surface area (Å²) in [5, 5.41) is 7.01.